The first kappa shape index (κ1) is 23.3. The fourth-order valence-electron chi connectivity index (χ4n) is 5.62. The van der Waals surface area contributed by atoms with E-state index in [2.05, 4.69) is 133 Å². The van der Waals surface area contributed by atoms with E-state index in [1.165, 1.54) is 38.9 Å². The van der Waals surface area contributed by atoms with Gasteiger partial charge < -0.3 is 9.31 Å². The van der Waals surface area contributed by atoms with Crippen LogP contribution in [-0.4, -0.2) is 18.3 Å². The zero-order chi connectivity index (χ0) is 25.3. The second kappa shape index (κ2) is 7.93. The fraction of sp³-hybridized carbons (Fsp3) is 0.273. The Morgan fingerprint density at radius 1 is 0.500 bits per heavy atom. The van der Waals surface area contributed by atoms with Crippen LogP contribution in [0, 0.1) is 0 Å². The maximum atomic E-state index is 6.30. The van der Waals surface area contributed by atoms with Gasteiger partial charge >= 0.3 is 7.12 Å². The SMILES string of the molecule is CC1(C)c2ccccc2-c2cc(-c3cccc(-c4cccc(B5OC(C)(C)C(C)(C)O5)c4)c3)ccc21. The average Bonchev–Trinajstić information content (AvgIpc) is 3.24. The van der Waals surface area contributed by atoms with E-state index in [0.717, 1.165) is 11.0 Å². The van der Waals surface area contributed by atoms with Crippen LogP contribution < -0.4 is 5.46 Å². The van der Waals surface area contributed by atoms with Crippen LogP contribution in [0.2, 0.25) is 0 Å². The van der Waals surface area contributed by atoms with Crippen LogP contribution in [0.15, 0.2) is 91.0 Å². The molecule has 2 aliphatic rings. The predicted molar refractivity (Wildman–Crippen MR) is 151 cm³/mol. The summed E-state index contributed by atoms with van der Waals surface area (Å²) >= 11 is 0. The van der Waals surface area contributed by atoms with E-state index in [1.54, 1.807) is 0 Å². The lowest BCUT2D eigenvalue weighted by Gasteiger charge is -2.32. The van der Waals surface area contributed by atoms with Gasteiger partial charge in [0, 0.05) is 5.41 Å². The zero-order valence-electron chi connectivity index (χ0n) is 22.1. The van der Waals surface area contributed by atoms with E-state index in [9.17, 15) is 0 Å². The molecule has 1 aliphatic heterocycles. The monoisotopic (exact) mass is 472 g/mol. The van der Waals surface area contributed by atoms with E-state index < -0.39 is 0 Å². The normalized spacial score (nSPS) is 18.7. The number of benzene rings is 4. The van der Waals surface area contributed by atoms with Crippen LogP contribution in [0.5, 0.6) is 0 Å². The number of hydrogen-bond donors (Lipinski definition) is 0. The van der Waals surface area contributed by atoms with Crippen LogP contribution in [0.25, 0.3) is 33.4 Å². The second-order valence-electron chi connectivity index (χ2n) is 11.7. The quantitative estimate of drug-likeness (QED) is 0.286. The summed E-state index contributed by atoms with van der Waals surface area (Å²) in [5.74, 6) is 0. The molecule has 4 aromatic rings. The smallest absolute Gasteiger partial charge is 0.399 e. The van der Waals surface area contributed by atoms with Gasteiger partial charge in [-0.3, -0.25) is 0 Å². The third-order valence-electron chi connectivity index (χ3n) is 8.52. The molecule has 6 rings (SSSR count). The summed E-state index contributed by atoms with van der Waals surface area (Å²) in [5, 5.41) is 0. The van der Waals surface area contributed by atoms with Gasteiger partial charge in [0.25, 0.3) is 0 Å². The van der Waals surface area contributed by atoms with Crippen molar-refractivity contribution in [2.75, 3.05) is 0 Å². The highest BCUT2D eigenvalue weighted by Crippen LogP contribution is 2.49. The van der Waals surface area contributed by atoms with Gasteiger partial charge in [-0.15, -0.1) is 0 Å². The summed E-state index contributed by atoms with van der Waals surface area (Å²) in [6.45, 7) is 13.0. The van der Waals surface area contributed by atoms with Crippen LogP contribution in [-0.2, 0) is 14.7 Å². The van der Waals surface area contributed by atoms with Crippen molar-refractivity contribution in [3.05, 3.63) is 102 Å². The van der Waals surface area contributed by atoms with Gasteiger partial charge in [-0.1, -0.05) is 92.7 Å². The molecule has 0 radical (unpaired) electrons. The molecule has 0 atom stereocenters. The van der Waals surface area contributed by atoms with Gasteiger partial charge in [0.15, 0.2) is 0 Å². The fourth-order valence-corrected chi connectivity index (χ4v) is 5.62. The predicted octanol–water partition coefficient (Wildman–Crippen LogP) is 7.63. The van der Waals surface area contributed by atoms with E-state index in [0.29, 0.717) is 0 Å². The lowest BCUT2D eigenvalue weighted by Crippen LogP contribution is -2.41. The molecular weight excluding hydrogens is 439 g/mol. The highest BCUT2D eigenvalue weighted by atomic mass is 16.7. The molecule has 1 heterocycles. The Hall–Kier alpha value is -3.14. The minimum Gasteiger partial charge on any atom is -0.399 e. The van der Waals surface area contributed by atoms with Gasteiger partial charge in [-0.05, 0) is 89.8 Å². The van der Waals surface area contributed by atoms with Crippen molar-refractivity contribution in [1.29, 1.82) is 0 Å². The molecule has 0 aromatic heterocycles. The Morgan fingerprint density at radius 3 is 1.75 bits per heavy atom. The van der Waals surface area contributed by atoms with Crippen LogP contribution >= 0.6 is 0 Å². The minimum atomic E-state index is -0.363. The van der Waals surface area contributed by atoms with Gasteiger partial charge in [-0.25, -0.2) is 0 Å². The molecule has 36 heavy (non-hydrogen) atoms. The van der Waals surface area contributed by atoms with Crippen LogP contribution in [0.4, 0.5) is 0 Å². The number of fused-ring (bicyclic) bond motifs is 3. The van der Waals surface area contributed by atoms with Crippen molar-refractivity contribution in [3.8, 4) is 33.4 Å². The molecule has 1 fully saturated rings. The lowest BCUT2D eigenvalue weighted by molar-refractivity contribution is 0.00578. The highest BCUT2D eigenvalue weighted by Gasteiger charge is 2.51. The first-order valence-corrected chi connectivity index (χ1v) is 12.9. The Kier molecular flexibility index (Phi) is 5.13. The second-order valence-corrected chi connectivity index (χ2v) is 11.7. The maximum absolute atomic E-state index is 6.30. The Labute approximate surface area is 215 Å². The molecule has 0 unspecified atom stereocenters. The zero-order valence-corrected chi connectivity index (χ0v) is 22.1. The molecule has 0 saturated carbocycles. The van der Waals surface area contributed by atoms with E-state index in [-0.39, 0.29) is 23.7 Å². The van der Waals surface area contributed by atoms with Gasteiger partial charge in [-0.2, -0.15) is 0 Å². The summed E-state index contributed by atoms with van der Waals surface area (Å²) in [6.07, 6.45) is 0. The van der Waals surface area contributed by atoms with Crippen LogP contribution in [0.1, 0.15) is 52.7 Å². The third-order valence-corrected chi connectivity index (χ3v) is 8.52. The first-order valence-electron chi connectivity index (χ1n) is 12.9. The van der Waals surface area contributed by atoms with Crippen LogP contribution in [0.3, 0.4) is 0 Å². The summed E-state index contributed by atoms with van der Waals surface area (Å²) in [4.78, 5) is 0. The molecule has 3 heteroatoms. The molecule has 0 spiro atoms. The van der Waals surface area contributed by atoms with Crippen molar-refractivity contribution in [2.45, 2.75) is 58.2 Å². The van der Waals surface area contributed by atoms with Gasteiger partial charge in [0.2, 0.25) is 0 Å². The van der Waals surface area contributed by atoms with Crippen molar-refractivity contribution in [3.63, 3.8) is 0 Å². The molecule has 0 bridgehead atoms. The molecule has 0 amide bonds. The summed E-state index contributed by atoms with van der Waals surface area (Å²) in [6, 6.07) is 33.1. The van der Waals surface area contributed by atoms with Crippen molar-refractivity contribution in [2.24, 2.45) is 0 Å². The number of hydrogen-bond acceptors (Lipinski definition) is 2. The average molecular weight is 472 g/mol. The van der Waals surface area contributed by atoms with E-state index in [4.69, 9.17) is 9.31 Å². The Morgan fingerprint density at radius 2 is 1.06 bits per heavy atom. The summed E-state index contributed by atoms with van der Waals surface area (Å²) < 4.78 is 12.6. The maximum Gasteiger partial charge on any atom is 0.494 e. The van der Waals surface area contributed by atoms with E-state index in [1.807, 2.05) is 0 Å². The highest BCUT2D eigenvalue weighted by molar-refractivity contribution is 6.62. The van der Waals surface area contributed by atoms with Gasteiger partial charge in [0.1, 0.15) is 0 Å². The summed E-state index contributed by atoms with van der Waals surface area (Å²) in [7, 11) is -0.363. The molecule has 4 aromatic carbocycles. The van der Waals surface area contributed by atoms with Crippen molar-refractivity contribution >= 4 is 12.6 Å². The summed E-state index contributed by atoms with van der Waals surface area (Å²) in [5.41, 5.74) is 10.7. The molecular formula is C33H33BO2. The molecule has 180 valence electrons. The number of rotatable bonds is 3. The van der Waals surface area contributed by atoms with E-state index >= 15 is 0 Å². The first-order chi connectivity index (χ1) is 17.1. The molecule has 1 saturated heterocycles. The van der Waals surface area contributed by atoms with Crippen molar-refractivity contribution < 1.29 is 9.31 Å². The Balaban J connectivity index is 1.35. The Bertz CT molecular complexity index is 1460. The van der Waals surface area contributed by atoms with Crippen molar-refractivity contribution in [1.82, 2.24) is 0 Å². The third kappa shape index (κ3) is 3.57. The van der Waals surface area contributed by atoms with Gasteiger partial charge in [0.05, 0.1) is 11.2 Å². The molecule has 1 aliphatic carbocycles. The standard InChI is InChI=1S/C33H33BO2/c1-31(2)29-16-8-7-15-27(29)28-21-25(17-18-30(28)31)23-12-9-11-22(19-23)24-13-10-14-26(20-24)34-35-32(3,4)33(5,6)36-34/h7-21H,1-6H3. The largest absolute Gasteiger partial charge is 0.494 e. The lowest BCUT2D eigenvalue weighted by atomic mass is 9.78. The molecule has 2 nitrogen and oxygen atoms in total. The topological polar surface area (TPSA) is 18.5 Å². The molecule has 0 N–H and O–H groups in total. The minimum absolute atomic E-state index is 0.0280.